The lowest BCUT2D eigenvalue weighted by Gasteiger charge is -2.24. The molecule has 1 aliphatic heterocycles. The number of likely N-dealkylation sites (tertiary alicyclic amines) is 1. The standard InChI is InChI=1S/C25H29F2N7O2/c1-33-15-17(13-31-33)23-21(27)11-20(24(32-23)29-8-7-16-4-2-5-18(26)10-16)25(36)30-14-19-6-3-9-34(19)22(35)12-28/h2,4-5,10-11,13,15,19H,3,6-9,12,14,28H2,1H3,(H,29,32)(H,30,36)/t19-/m1/s1. The number of anilines is 1. The van der Waals surface area contributed by atoms with E-state index in [1.165, 1.54) is 23.0 Å². The Kier molecular flexibility index (Phi) is 7.89. The summed E-state index contributed by atoms with van der Waals surface area (Å²) in [4.78, 5) is 31.2. The summed E-state index contributed by atoms with van der Waals surface area (Å²) in [6.45, 7) is 1.07. The van der Waals surface area contributed by atoms with Crippen molar-refractivity contribution in [2.45, 2.75) is 25.3 Å². The monoisotopic (exact) mass is 497 g/mol. The van der Waals surface area contributed by atoms with Gasteiger partial charge in [-0.2, -0.15) is 5.10 Å². The van der Waals surface area contributed by atoms with Crippen LogP contribution in [0.2, 0.25) is 0 Å². The van der Waals surface area contributed by atoms with E-state index in [4.69, 9.17) is 5.73 Å². The second-order valence-electron chi connectivity index (χ2n) is 8.72. The fourth-order valence-electron chi connectivity index (χ4n) is 4.36. The average Bonchev–Trinajstić information content (AvgIpc) is 3.51. The van der Waals surface area contributed by atoms with E-state index >= 15 is 4.39 Å². The maximum atomic E-state index is 15.1. The number of carbonyl (C=O) groups excluding carboxylic acids is 2. The first-order chi connectivity index (χ1) is 17.4. The third-order valence-electron chi connectivity index (χ3n) is 6.16. The Labute approximate surface area is 207 Å². The molecule has 36 heavy (non-hydrogen) atoms. The molecule has 1 fully saturated rings. The van der Waals surface area contributed by atoms with E-state index in [2.05, 4.69) is 20.7 Å². The van der Waals surface area contributed by atoms with Crippen molar-refractivity contribution < 1.29 is 18.4 Å². The van der Waals surface area contributed by atoms with Crippen molar-refractivity contribution in [3.63, 3.8) is 0 Å². The van der Waals surface area contributed by atoms with Crippen LogP contribution in [0.3, 0.4) is 0 Å². The highest BCUT2D eigenvalue weighted by Crippen LogP contribution is 2.25. The molecule has 1 saturated heterocycles. The molecule has 3 heterocycles. The van der Waals surface area contributed by atoms with E-state index in [-0.39, 0.29) is 47.9 Å². The van der Waals surface area contributed by atoms with Crippen LogP contribution in [0.25, 0.3) is 11.3 Å². The van der Waals surface area contributed by atoms with Crippen LogP contribution in [0.5, 0.6) is 0 Å². The summed E-state index contributed by atoms with van der Waals surface area (Å²) in [7, 11) is 1.71. The highest BCUT2D eigenvalue weighted by atomic mass is 19.1. The maximum absolute atomic E-state index is 15.1. The highest BCUT2D eigenvalue weighted by Gasteiger charge is 2.28. The van der Waals surface area contributed by atoms with Crippen LogP contribution in [-0.4, -0.2) is 63.7 Å². The van der Waals surface area contributed by atoms with Gasteiger partial charge >= 0.3 is 0 Å². The number of halogens is 2. The van der Waals surface area contributed by atoms with E-state index in [1.54, 1.807) is 30.3 Å². The Morgan fingerprint density at radius 2 is 2.08 bits per heavy atom. The number of pyridine rings is 1. The molecule has 4 rings (SSSR count). The lowest BCUT2D eigenvalue weighted by atomic mass is 10.1. The van der Waals surface area contributed by atoms with Gasteiger partial charge in [0.2, 0.25) is 5.91 Å². The van der Waals surface area contributed by atoms with Crippen LogP contribution >= 0.6 is 0 Å². The van der Waals surface area contributed by atoms with Gasteiger partial charge in [0.25, 0.3) is 5.91 Å². The molecule has 3 aromatic rings. The van der Waals surface area contributed by atoms with E-state index in [1.807, 2.05) is 0 Å². The van der Waals surface area contributed by atoms with Crippen molar-refractivity contribution in [2.24, 2.45) is 12.8 Å². The SMILES string of the molecule is Cn1cc(-c2nc(NCCc3cccc(F)c3)c(C(=O)NC[C@H]3CCCN3C(=O)CN)cc2F)cn1. The van der Waals surface area contributed by atoms with Gasteiger partial charge in [0.05, 0.1) is 18.3 Å². The zero-order valence-electron chi connectivity index (χ0n) is 20.0. The quantitative estimate of drug-likeness (QED) is 0.417. The summed E-state index contributed by atoms with van der Waals surface area (Å²) < 4.78 is 30.1. The topological polar surface area (TPSA) is 118 Å². The Morgan fingerprint density at radius 3 is 2.81 bits per heavy atom. The number of hydrogen-bond donors (Lipinski definition) is 3. The summed E-state index contributed by atoms with van der Waals surface area (Å²) in [5, 5.41) is 9.98. The molecular formula is C25H29F2N7O2. The van der Waals surface area contributed by atoms with Gasteiger partial charge < -0.3 is 21.3 Å². The van der Waals surface area contributed by atoms with Crippen molar-refractivity contribution >= 4 is 17.6 Å². The van der Waals surface area contributed by atoms with Crippen molar-refractivity contribution in [1.29, 1.82) is 0 Å². The first-order valence-corrected chi connectivity index (χ1v) is 11.8. The number of hydrogen-bond acceptors (Lipinski definition) is 6. The maximum Gasteiger partial charge on any atom is 0.255 e. The minimum absolute atomic E-state index is 0.0362. The average molecular weight is 498 g/mol. The third-order valence-corrected chi connectivity index (χ3v) is 6.16. The smallest absolute Gasteiger partial charge is 0.255 e. The fraction of sp³-hybridized carbons (Fsp3) is 0.360. The molecule has 0 radical (unpaired) electrons. The van der Waals surface area contributed by atoms with Gasteiger partial charge in [-0.05, 0) is 43.0 Å². The fourth-order valence-corrected chi connectivity index (χ4v) is 4.36. The molecule has 1 atom stereocenters. The number of rotatable bonds is 9. The van der Waals surface area contributed by atoms with Crippen molar-refractivity contribution in [3.8, 4) is 11.3 Å². The minimum Gasteiger partial charge on any atom is -0.369 e. The summed E-state index contributed by atoms with van der Waals surface area (Å²) in [6.07, 6.45) is 5.17. The van der Waals surface area contributed by atoms with Gasteiger partial charge in [-0.25, -0.2) is 13.8 Å². The Bertz CT molecular complexity index is 1250. The third kappa shape index (κ3) is 5.85. The van der Waals surface area contributed by atoms with Crippen LogP contribution < -0.4 is 16.4 Å². The second kappa shape index (κ2) is 11.3. The van der Waals surface area contributed by atoms with Gasteiger partial charge in [-0.3, -0.25) is 14.3 Å². The predicted molar refractivity (Wildman–Crippen MR) is 131 cm³/mol. The molecule has 0 aliphatic carbocycles. The molecule has 0 unspecified atom stereocenters. The summed E-state index contributed by atoms with van der Waals surface area (Å²) in [5.74, 6) is -1.48. The van der Waals surface area contributed by atoms with Crippen LogP contribution in [0.15, 0.2) is 42.7 Å². The summed E-state index contributed by atoms with van der Waals surface area (Å²) >= 11 is 0. The van der Waals surface area contributed by atoms with E-state index in [0.717, 1.165) is 24.5 Å². The summed E-state index contributed by atoms with van der Waals surface area (Å²) in [5.41, 5.74) is 6.83. The number of nitrogens with one attached hydrogen (secondary N) is 2. The first-order valence-electron chi connectivity index (χ1n) is 11.8. The number of carbonyl (C=O) groups is 2. The zero-order chi connectivity index (χ0) is 25.7. The molecule has 190 valence electrons. The molecule has 11 heteroatoms. The minimum atomic E-state index is -0.662. The number of benzene rings is 1. The second-order valence-corrected chi connectivity index (χ2v) is 8.72. The van der Waals surface area contributed by atoms with E-state index in [0.29, 0.717) is 25.1 Å². The first kappa shape index (κ1) is 25.2. The van der Waals surface area contributed by atoms with Crippen LogP contribution in [0.4, 0.5) is 14.6 Å². The Balaban J connectivity index is 1.53. The molecule has 1 aromatic carbocycles. The van der Waals surface area contributed by atoms with Crippen molar-refractivity contribution in [1.82, 2.24) is 25.0 Å². The van der Waals surface area contributed by atoms with Gasteiger partial charge in [0, 0.05) is 44.5 Å². The van der Waals surface area contributed by atoms with Gasteiger partial charge in [0.15, 0.2) is 5.82 Å². The van der Waals surface area contributed by atoms with Gasteiger partial charge in [-0.15, -0.1) is 0 Å². The number of amides is 2. The van der Waals surface area contributed by atoms with Crippen molar-refractivity contribution in [2.75, 3.05) is 31.5 Å². The Morgan fingerprint density at radius 1 is 1.25 bits per heavy atom. The molecule has 1 aliphatic rings. The largest absolute Gasteiger partial charge is 0.369 e. The van der Waals surface area contributed by atoms with Crippen LogP contribution in [-0.2, 0) is 18.3 Å². The lowest BCUT2D eigenvalue weighted by Crippen LogP contribution is -2.45. The molecule has 2 aromatic heterocycles. The summed E-state index contributed by atoms with van der Waals surface area (Å²) in [6, 6.07) is 7.21. The number of nitrogens with zero attached hydrogens (tertiary/aromatic N) is 4. The molecule has 0 bridgehead atoms. The van der Waals surface area contributed by atoms with Gasteiger partial charge in [0.1, 0.15) is 17.3 Å². The molecule has 0 saturated carbocycles. The normalized spacial score (nSPS) is 15.2. The number of aromatic nitrogens is 3. The zero-order valence-corrected chi connectivity index (χ0v) is 20.0. The molecule has 4 N–H and O–H groups in total. The molecule has 9 nitrogen and oxygen atoms in total. The van der Waals surface area contributed by atoms with Crippen LogP contribution in [0, 0.1) is 11.6 Å². The molecule has 0 spiro atoms. The van der Waals surface area contributed by atoms with Gasteiger partial charge in [-0.1, -0.05) is 12.1 Å². The lowest BCUT2D eigenvalue weighted by molar-refractivity contribution is -0.130. The molecule has 2 amide bonds. The molecular weight excluding hydrogens is 468 g/mol. The van der Waals surface area contributed by atoms with E-state index in [9.17, 15) is 14.0 Å². The van der Waals surface area contributed by atoms with Crippen molar-refractivity contribution in [3.05, 3.63) is 65.5 Å². The Hall–Kier alpha value is -3.86. The number of aryl methyl sites for hydroxylation is 1. The number of nitrogens with two attached hydrogens (primary N) is 1. The highest BCUT2D eigenvalue weighted by molar-refractivity contribution is 5.99. The van der Waals surface area contributed by atoms with E-state index < -0.39 is 11.7 Å². The predicted octanol–water partition coefficient (Wildman–Crippen LogP) is 2.09. The van der Waals surface area contributed by atoms with Crippen LogP contribution in [0.1, 0.15) is 28.8 Å².